The van der Waals surface area contributed by atoms with Crippen molar-refractivity contribution in [3.05, 3.63) is 95.1 Å². The summed E-state index contributed by atoms with van der Waals surface area (Å²) in [6, 6.07) is 20.5. The van der Waals surface area contributed by atoms with Crippen LogP contribution in [0.2, 0.25) is 0 Å². The van der Waals surface area contributed by atoms with E-state index < -0.39 is 12.2 Å². The molecule has 8 nitrogen and oxygen atoms in total. The van der Waals surface area contributed by atoms with Crippen LogP contribution in [-0.4, -0.2) is 37.6 Å². The maximum atomic E-state index is 11.5. The molecule has 47 heavy (non-hydrogen) atoms. The summed E-state index contributed by atoms with van der Waals surface area (Å²) in [5.41, 5.74) is 6.57. The lowest BCUT2D eigenvalue weighted by molar-refractivity contribution is 0.0451. The molecule has 0 aliphatic carbocycles. The number of aliphatic hydroxyl groups excluding tert-OH is 1. The quantitative estimate of drug-likeness (QED) is 0.154. The fraction of sp³-hybridized carbons (Fsp3) is 0.231. The number of phenolic OH excluding ortho intramolecular Hbond substituents is 1. The molecule has 2 N–H and O–H groups in total. The van der Waals surface area contributed by atoms with Gasteiger partial charge in [0.2, 0.25) is 0 Å². The Morgan fingerprint density at radius 2 is 1.36 bits per heavy atom. The van der Waals surface area contributed by atoms with Gasteiger partial charge in [0, 0.05) is 33.0 Å². The number of methoxy groups -OCH3 is 3. The molecule has 0 aliphatic rings. The second-order valence-electron chi connectivity index (χ2n) is 11.5. The maximum absolute atomic E-state index is 11.5. The van der Waals surface area contributed by atoms with E-state index in [1.807, 2.05) is 63.2 Å². The Morgan fingerprint density at radius 1 is 0.702 bits per heavy atom. The first-order chi connectivity index (χ1) is 22.7. The lowest BCUT2D eigenvalue weighted by Crippen LogP contribution is -2.22. The van der Waals surface area contributed by atoms with E-state index in [9.17, 15) is 10.2 Å². The van der Waals surface area contributed by atoms with E-state index in [1.54, 1.807) is 45.4 Å². The van der Waals surface area contributed by atoms with E-state index >= 15 is 0 Å². The van der Waals surface area contributed by atoms with Gasteiger partial charge in [-0.05, 0) is 99.5 Å². The summed E-state index contributed by atoms with van der Waals surface area (Å²) >= 11 is 0. The second-order valence-corrected chi connectivity index (χ2v) is 11.5. The highest BCUT2D eigenvalue weighted by Gasteiger charge is 2.25. The zero-order valence-corrected chi connectivity index (χ0v) is 27.5. The van der Waals surface area contributed by atoms with Gasteiger partial charge in [-0.15, -0.1) is 0 Å². The first kappa shape index (κ1) is 31.6. The van der Waals surface area contributed by atoms with Crippen LogP contribution in [0.15, 0.2) is 81.6 Å². The number of hydrogen-bond acceptors (Lipinski definition) is 8. The molecule has 2 aromatic heterocycles. The standard InChI is InChI=1S/C39H38O8/c1-8-9-24-10-14-31-28(16-24)21(2)37(46-31)26-12-15-32(34(19-26)43-6)45-23(4)36(41)27-17-29-22(3)38(47-39(29)35(20-27)44-7)25-11-13-30(40)33(18-25)42-5/h8-20,23,36,40-41H,1-7H3/b9-8+. The monoisotopic (exact) mass is 634 g/mol. The molecule has 0 saturated heterocycles. The molecule has 2 heterocycles. The topological polar surface area (TPSA) is 104 Å². The number of aromatic hydroxyl groups is 1. The molecular weight excluding hydrogens is 596 g/mol. The van der Waals surface area contributed by atoms with Crippen LogP contribution in [0.3, 0.4) is 0 Å². The molecule has 8 heteroatoms. The Morgan fingerprint density at radius 3 is 2.06 bits per heavy atom. The van der Waals surface area contributed by atoms with Gasteiger partial charge in [-0.2, -0.15) is 0 Å². The number of hydrogen-bond donors (Lipinski definition) is 2. The molecule has 6 rings (SSSR count). The van der Waals surface area contributed by atoms with E-state index in [0.717, 1.165) is 49.9 Å². The first-order valence-electron chi connectivity index (χ1n) is 15.3. The fourth-order valence-electron chi connectivity index (χ4n) is 5.98. The average Bonchev–Trinajstić information content (AvgIpc) is 3.60. The minimum absolute atomic E-state index is 0.0386. The second kappa shape index (κ2) is 12.8. The van der Waals surface area contributed by atoms with Crippen LogP contribution in [0.5, 0.6) is 28.7 Å². The predicted octanol–water partition coefficient (Wildman–Crippen LogP) is 9.40. The number of rotatable bonds is 10. The van der Waals surface area contributed by atoms with Crippen molar-refractivity contribution >= 4 is 28.0 Å². The summed E-state index contributed by atoms with van der Waals surface area (Å²) in [5, 5.41) is 23.4. The van der Waals surface area contributed by atoms with Crippen molar-refractivity contribution in [2.75, 3.05) is 21.3 Å². The van der Waals surface area contributed by atoms with Crippen molar-refractivity contribution in [3.63, 3.8) is 0 Å². The van der Waals surface area contributed by atoms with E-state index in [0.29, 0.717) is 39.9 Å². The van der Waals surface area contributed by atoms with Crippen LogP contribution in [0, 0.1) is 13.8 Å². The van der Waals surface area contributed by atoms with Crippen LogP contribution in [0.4, 0.5) is 0 Å². The summed E-state index contributed by atoms with van der Waals surface area (Å²) in [5.74, 6) is 3.23. The third-order valence-electron chi connectivity index (χ3n) is 8.53. The molecule has 0 radical (unpaired) electrons. The van der Waals surface area contributed by atoms with Gasteiger partial charge in [-0.25, -0.2) is 0 Å². The van der Waals surface area contributed by atoms with Crippen LogP contribution in [-0.2, 0) is 0 Å². The van der Waals surface area contributed by atoms with E-state index in [4.69, 9.17) is 27.8 Å². The molecule has 6 aromatic rings. The number of furan rings is 2. The molecular formula is C39H38O8. The van der Waals surface area contributed by atoms with Gasteiger partial charge in [0.15, 0.2) is 34.3 Å². The molecule has 0 fully saturated rings. The van der Waals surface area contributed by atoms with Crippen molar-refractivity contribution in [2.24, 2.45) is 0 Å². The number of allylic oxidation sites excluding steroid dienone is 1. The van der Waals surface area contributed by atoms with Gasteiger partial charge in [0.05, 0.1) is 21.3 Å². The van der Waals surface area contributed by atoms with Crippen LogP contribution in [0.25, 0.3) is 50.7 Å². The summed E-state index contributed by atoms with van der Waals surface area (Å²) in [4.78, 5) is 0. The number of aliphatic hydroxyl groups is 1. The Bertz CT molecular complexity index is 2120. The molecule has 2 unspecified atom stereocenters. The minimum atomic E-state index is -1.01. The van der Waals surface area contributed by atoms with E-state index in [2.05, 4.69) is 12.1 Å². The van der Waals surface area contributed by atoms with Gasteiger partial charge in [0.25, 0.3) is 0 Å². The summed E-state index contributed by atoms with van der Waals surface area (Å²) < 4.78 is 35.5. The lowest BCUT2D eigenvalue weighted by Gasteiger charge is -2.23. The van der Waals surface area contributed by atoms with Crippen molar-refractivity contribution in [1.82, 2.24) is 0 Å². The summed E-state index contributed by atoms with van der Waals surface area (Å²) in [6.45, 7) is 7.79. The zero-order chi connectivity index (χ0) is 33.4. The van der Waals surface area contributed by atoms with Gasteiger partial charge < -0.3 is 38.0 Å². The SMILES string of the molecule is C/C=C/c1ccc2oc(-c3ccc(OC(C)C(O)c4cc(OC)c5oc(-c6ccc(O)c(OC)c6)c(C)c5c4)c(OC)c3)c(C)c2c1. The molecule has 0 aliphatic heterocycles. The Balaban J connectivity index is 1.29. The van der Waals surface area contributed by atoms with Gasteiger partial charge in [0.1, 0.15) is 29.3 Å². The first-order valence-corrected chi connectivity index (χ1v) is 15.3. The highest BCUT2D eigenvalue weighted by Crippen LogP contribution is 2.43. The van der Waals surface area contributed by atoms with Crippen molar-refractivity contribution < 1.29 is 38.0 Å². The summed E-state index contributed by atoms with van der Waals surface area (Å²) in [7, 11) is 4.64. The highest BCUT2D eigenvalue weighted by molar-refractivity contribution is 5.92. The summed E-state index contributed by atoms with van der Waals surface area (Å²) in [6.07, 6.45) is 2.42. The zero-order valence-electron chi connectivity index (χ0n) is 27.5. The van der Waals surface area contributed by atoms with Crippen molar-refractivity contribution in [2.45, 2.75) is 39.9 Å². The Hall–Kier alpha value is -5.34. The lowest BCUT2D eigenvalue weighted by atomic mass is 10.00. The van der Waals surface area contributed by atoms with Crippen LogP contribution in [0.1, 0.15) is 42.2 Å². The molecule has 2 atom stereocenters. The molecule has 0 amide bonds. The molecule has 242 valence electrons. The number of ether oxygens (including phenoxy) is 4. The molecule has 0 spiro atoms. The highest BCUT2D eigenvalue weighted by atomic mass is 16.5. The normalized spacial score (nSPS) is 12.9. The van der Waals surface area contributed by atoms with Crippen LogP contribution < -0.4 is 18.9 Å². The molecule has 0 bridgehead atoms. The Labute approximate surface area is 273 Å². The number of aryl methyl sites for hydroxylation is 2. The van der Waals surface area contributed by atoms with Crippen LogP contribution >= 0.6 is 0 Å². The van der Waals surface area contributed by atoms with Crippen molar-refractivity contribution in [3.8, 4) is 51.4 Å². The van der Waals surface area contributed by atoms with Crippen molar-refractivity contribution in [1.29, 1.82) is 0 Å². The minimum Gasteiger partial charge on any atom is -0.504 e. The van der Waals surface area contributed by atoms with E-state index in [-0.39, 0.29) is 5.75 Å². The van der Waals surface area contributed by atoms with Gasteiger partial charge >= 0.3 is 0 Å². The number of fused-ring (bicyclic) bond motifs is 2. The molecule has 4 aromatic carbocycles. The Kier molecular flexibility index (Phi) is 8.62. The smallest absolute Gasteiger partial charge is 0.176 e. The maximum Gasteiger partial charge on any atom is 0.176 e. The van der Waals surface area contributed by atoms with Gasteiger partial charge in [-0.1, -0.05) is 18.2 Å². The fourth-order valence-corrected chi connectivity index (χ4v) is 5.98. The largest absolute Gasteiger partial charge is 0.504 e. The van der Waals surface area contributed by atoms with E-state index in [1.165, 1.54) is 7.11 Å². The third kappa shape index (κ3) is 5.77. The predicted molar refractivity (Wildman–Crippen MR) is 184 cm³/mol. The molecule has 0 saturated carbocycles. The number of phenols is 1. The number of benzene rings is 4. The van der Waals surface area contributed by atoms with Gasteiger partial charge in [-0.3, -0.25) is 0 Å². The average molecular weight is 635 g/mol. The third-order valence-corrected chi connectivity index (χ3v) is 8.53.